The molecule has 0 aliphatic heterocycles. The maximum absolute atomic E-state index is 10.6. The average molecular weight is 435 g/mol. The third-order valence-electron chi connectivity index (χ3n) is 3.62. The predicted molar refractivity (Wildman–Crippen MR) is 102 cm³/mol. The highest BCUT2D eigenvalue weighted by Crippen LogP contribution is 2.24. The number of fused-ring (bicyclic) bond motifs is 1. The van der Waals surface area contributed by atoms with Crippen LogP contribution in [0.1, 0.15) is 23.9 Å². The molecule has 1 unspecified atom stereocenters. The van der Waals surface area contributed by atoms with Crippen molar-refractivity contribution in [3.8, 4) is 0 Å². The molecule has 6 nitrogen and oxygen atoms in total. The van der Waals surface area contributed by atoms with Crippen molar-refractivity contribution in [2.45, 2.75) is 39.0 Å². The lowest BCUT2D eigenvalue weighted by Crippen LogP contribution is -2.27. The van der Waals surface area contributed by atoms with E-state index in [1.165, 1.54) is 4.70 Å². The van der Waals surface area contributed by atoms with Gasteiger partial charge in [-0.1, -0.05) is 11.6 Å². The van der Waals surface area contributed by atoms with E-state index >= 15 is 0 Å². The molecule has 0 aliphatic rings. The monoisotopic (exact) mass is 434 g/mol. The van der Waals surface area contributed by atoms with Gasteiger partial charge in [0.2, 0.25) is 0 Å². The molecule has 0 spiro atoms. The molecule has 0 bridgehead atoms. The minimum Gasteiger partial charge on any atom is -0.475 e. The number of rotatable bonds is 5. The smallest absolute Gasteiger partial charge is 0.475 e. The summed E-state index contributed by atoms with van der Waals surface area (Å²) < 4.78 is 32.9. The van der Waals surface area contributed by atoms with Crippen LogP contribution in [0.4, 0.5) is 13.2 Å². The number of pyridine rings is 1. The van der Waals surface area contributed by atoms with Crippen LogP contribution in [0.3, 0.4) is 0 Å². The summed E-state index contributed by atoms with van der Waals surface area (Å²) in [6.07, 6.45) is -4.20. The first kappa shape index (κ1) is 22.1. The van der Waals surface area contributed by atoms with Gasteiger partial charge in [0, 0.05) is 30.3 Å². The van der Waals surface area contributed by atoms with E-state index in [4.69, 9.17) is 21.5 Å². The number of carboxylic acids is 1. The predicted octanol–water partition coefficient (Wildman–Crippen LogP) is 4.34. The number of aliphatic carboxylic acids is 1. The number of hydrogen-bond donors (Lipinski definition) is 3. The van der Waals surface area contributed by atoms with Gasteiger partial charge in [-0.2, -0.15) is 18.3 Å². The largest absolute Gasteiger partial charge is 0.490 e. The first-order valence-corrected chi connectivity index (χ1v) is 9.39. The fourth-order valence-electron chi connectivity index (χ4n) is 2.28. The molecule has 0 radical (unpaired) electrons. The van der Waals surface area contributed by atoms with Crippen molar-refractivity contribution in [1.29, 1.82) is 0 Å². The van der Waals surface area contributed by atoms with Crippen molar-refractivity contribution in [2.24, 2.45) is 0 Å². The number of aryl methyl sites for hydroxylation is 1. The highest BCUT2D eigenvalue weighted by Gasteiger charge is 2.38. The van der Waals surface area contributed by atoms with Crippen molar-refractivity contribution in [1.82, 2.24) is 20.5 Å². The van der Waals surface area contributed by atoms with Gasteiger partial charge in [0.25, 0.3) is 0 Å². The minimum absolute atomic E-state index is 0.322. The second kappa shape index (κ2) is 9.35. The Kier molecular flexibility index (Phi) is 7.39. The number of aromatic nitrogens is 3. The molecule has 0 saturated heterocycles. The highest BCUT2D eigenvalue weighted by atomic mass is 35.5. The summed E-state index contributed by atoms with van der Waals surface area (Å²) in [4.78, 5) is 13.3. The van der Waals surface area contributed by atoms with Gasteiger partial charge in [0.1, 0.15) is 5.15 Å². The standard InChI is InChI=1S/C15H17ClN4S.C2HF3O2/c1-9(5-12-6-10(2)19-20-12)17-8-11-7-14-13(3-4-21-14)18-15(11)16;3-2(4,5)1(6)7/h3-4,6-7,9,17H,5,8H2,1-2H3,(H,19,20);(H,6,7). The van der Waals surface area contributed by atoms with Gasteiger partial charge in [0.05, 0.1) is 15.9 Å². The molecular weight excluding hydrogens is 417 g/mol. The van der Waals surface area contributed by atoms with Crippen LogP contribution in [-0.4, -0.2) is 38.5 Å². The third-order valence-corrected chi connectivity index (χ3v) is 4.80. The molecule has 3 heterocycles. The number of H-pyrrole nitrogens is 1. The van der Waals surface area contributed by atoms with Crippen molar-refractivity contribution in [2.75, 3.05) is 0 Å². The number of nitrogens with zero attached hydrogens (tertiary/aromatic N) is 2. The maximum atomic E-state index is 10.6. The quantitative estimate of drug-likeness (QED) is 0.520. The second-order valence-corrected chi connectivity index (χ2v) is 7.38. The van der Waals surface area contributed by atoms with Crippen LogP contribution >= 0.6 is 22.9 Å². The molecule has 0 aliphatic carbocycles. The number of halogens is 4. The number of carboxylic acid groups (broad SMARTS) is 1. The lowest BCUT2D eigenvalue weighted by molar-refractivity contribution is -0.192. The van der Waals surface area contributed by atoms with E-state index in [0.29, 0.717) is 17.7 Å². The number of nitrogens with one attached hydrogen (secondary N) is 2. The molecule has 28 heavy (non-hydrogen) atoms. The molecule has 3 aromatic heterocycles. The van der Waals surface area contributed by atoms with Crippen LogP contribution in [0.25, 0.3) is 10.2 Å². The summed E-state index contributed by atoms with van der Waals surface area (Å²) in [6, 6.07) is 6.51. The molecule has 0 aromatic carbocycles. The van der Waals surface area contributed by atoms with E-state index in [-0.39, 0.29) is 0 Å². The highest BCUT2D eigenvalue weighted by molar-refractivity contribution is 7.17. The van der Waals surface area contributed by atoms with Gasteiger partial charge < -0.3 is 10.4 Å². The van der Waals surface area contributed by atoms with E-state index in [2.05, 4.69) is 39.6 Å². The lowest BCUT2D eigenvalue weighted by atomic mass is 10.1. The Morgan fingerprint density at radius 3 is 2.68 bits per heavy atom. The molecule has 0 saturated carbocycles. The minimum atomic E-state index is -5.08. The number of hydrogen-bond acceptors (Lipinski definition) is 5. The normalized spacial score (nSPS) is 12.5. The Morgan fingerprint density at radius 1 is 1.43 bits per heavy atom. The zero-order chi connectivity index (χ0) is 20.9. The summed E-state index contributed by atoms with van der Waals surface area (Å²) in [5.41, 5.74) is 4.17. The molecule has 152 valence electrons. The second-order valence-electron chi connectivity index (χ2n) is 6.07. The zero-order valence-corrected chi connectivity index (χ0v) is 16.5. The fourth-order valence-corrected chi connectivity index (χ4v) is 3.28. The Labute approximate surface area is 167 Å². The fraction of sp³-hybridized carbons (Fsp3) is 0.353. The zero-order valence-electron chi connectivity index (χ0n) is 15.0. The van der Waals surface area contributed by atoms with E-state index in [9.17, 15) is 13.2 Å². The molecule has 0 fully saturated rings. The Balaban J connectivity index is 0.000000345. The van der Waals surface area contributed by atoms with Crippen molar-refractivity contribution < 1.29 is 23.1 Å². The van der Waals surface area contributed by atoms with E-state index in [1.54, 1.807) is 11.3 Å². The van der Waals surface area contributed by atoms with Crippen molar-refractivity contribution in [3.05, 3.63) is 45.7 Å². The van der Waals surface area contributed by atoms with Crippen molar-refractivity contribution in [3.63, 3.8) is 0 Å². The SMILES string of the molecule is Cc1cc(CC(C)NCc2cc3sccc3nc2Cl)n[nH]1.O=C(O)C(F)(F)F. The maximum Gasteiger partial charge on any atom is 0.490 e. The van der Waals surface area contributed by atoms with E-state index in [1.807, 2.05) is 18.4 Å². The van der Waals surface area contributed by atoms with Gasteiger partial charge in [-0.25, -0.2) is 9.78 Å². The molecular formula is C17H18ClF3N4O2S. The summed E-state index contributed by atoms with van der Waals surface area (Å²) in [5.74, 6) is -2.76. The molecule has 3 aromatic rings. The van der Waals surface area contributed by atoms with Crippen LogP contribution in [-0.2, 0) is 17.8 Å². The molecule has 1 atom stereocenters. The molecule has 3 rings (SSSR count). The van der Waals surface area contributed by atoms with Gasteiger partial charge in [0.15, 0.2) is 0 Å². The third kappa shape index (κ3) is 6.47. The topological polar surface area (TPSA) is 90.9 Å². The van der Waals surface area contributed by atoms with Crippen molar-refractivity contribution >= 4 is 39.1 Å². The van der Waals surface area contributed by atoms with Gasteiger partial charge in [-0.3, -0.25) is 5.10 Å². The summed E-state index contributed by atoms with van der Waals surface area (Å²) in [6.45, 7) is 4.87. The average Bonchev–Trinajstić information content (AvgIpc) is 3.20. The number of carbonyl (C=O) groups is 1. The van der Waals surface area contributed by atoms with Crippen LogP contribution in [0.5, 0.6) is 0 Å². The summed E-state index contributed by atoms with van der Waals surface area (Å²) in [5, 5.41) is 20.4. The first-order valence-electron chi connectivity index (χ1n) is 8.13. The number of thiophene rings is 1. The lowest BCUT2D eigenvalue weighted by Gasteiger charge is -2.13. The number of aromatic amines is 1. The summed E-state index contributed by atoms with van der Waals surface area (Å²) in [7, 11) is 0. The van der Waals surface area contributed by atoms with Crippen LogP contribution in [0.2, 0.25) is 5.15 Å². The number of alkyl halides is 3. The summed E-state index contributed by atoms with van der Waals surface area (Å²) >= 11 is 7.93. The van der Waals surface area contributed by atoms with Crippen LogP contribution in [0, 0.1) is 6.92 Å². The molecule has 11 heteroatoms. The van der Waals surface area contributed by atoms with E-state index < -0.39 is 12.1 Å². The molecule has 3 N–H and O–H groups in total. The Morgan fingerprint density at radius 2 is 2.11 bits per heavy atom. The first-order chi connectivity index (χ1) is 13.1. The molecule has 0 amide bonds. The van der Waals surface area contributed by atoms with Gasteiger partial charge in [-0.05, 0) is 37.4 Å². The van der Waals surface area contributed by atoms with Gasteiger partial charge >= 0.3 is 12.1 Å². The Hall–Kier alpha value is -2.17. The van der Waals surface area contributed by atoms with Gasteiger partial charge in [-0.15, -0.1) is 11.3 Å². The van der Waals surface area contributed by atoms with Crippen LogP contribution < -0.4 is 5.32 Å². The van der Waals surface area contributed by atoms with E-state index in [0.717, 1.165) is 28.9 Å². The van der Waals surface area contributed by atoms with Crippen LogP contribution in [0.15, 0.2) is 23.6 Å². The Bertz CT molecular complexity index is 942.